The van der Waals surface area contributed by atoms with Gasteiger partial charge >= 0.3 is 5.97 Å². The van der Waals surface area contributed by atoms with Gasteiger partial charge in [-0.3, -0.25) is 4.79 Å². The van der Waals surface area contributed by atoms with Crippen LogP contribution in [0.5, 0.6) is 0 Å². The molecule has 3 nitrogen and oxygen atoms in total. The molecule has 0 aromatic carbocycles. The molecule has 0 radical (unpaired) electrons. The standard InChI is InChI=1S/C12H16O3/c1-15-10-8-2-7-3-9(10)6-12(4-7,5-8)11(13)14/h7-8H,2-6H2,1H3,(H,13,14)/t7-,8+,12+/m0/s1. The van der Waals surface area contributed by atoms with Gasteiger partial charge in [-0.05, 0) is 43.6 Å². The van der Waals surface area contributed by atoms with E-state index in [0.717, 1.165) is 37.9 Å². The summed E-state index contributed by atoms with van der Waals surface area (Å²) in [5.41, 5.74) is 0.849. The van der Waals surface area contributed by atoms with Crippen molar-refractivity contribution >= 4 is 5.97 Å². The zero-order chi connectivity index (χ0) is 10.6. The summed E-state index contributed by atoms with van der Waals surface area (Å²) in [5.74, 6) is 1.51. The Hall–Kier alpha value is -0.990. The van der Waals surface area contributed by atoms with Gasteiger partial charge in [0.15, 0.2) is 0 Å². The van der Waals surface area contributed by atoms with Gasteiger partial charge in [-0.25, -0.2) is 0 Å². The van der Waals surface area contributed by atoms with E-state index in [1.54, 1.807) is 7.11 Å². The summed E-state index contributed by atoms with van der Waals surface area (Å²) in [5, 5.41) is 9.37. The van der Waals surface area contributed by atoms with Gasteiger partial charge in [0.2, 0.25) is 0 Å². The summed E-state index contributed by atoms with van der Waals surface area (Å²) in [7, 11) is 1.72. The summed E-state index contributed by atoms with van der Waals surface area (Å²) in [6, 6.07) is 0. The van der Waals surface area contributed by atoms with Gasteiger partial charge < -0.3 is 9.84 Å². The number of hydrogen-bond donors (Lipinski definition) is 1. The highest BCUT2D eigenvalue weighted by molar-refractivity contribution is 5.76. The topological polar surface area (TPSA) is 46.5 Å². The number of methoxy groups -OCH3 is 1. The Kier molecular flexibility index (Phi) is 1.71. The van der Waals surface area contributed by atoms with Crippen LogP contribution in [0.2, 0.25) is 0 Å². The molecule has 82 valence electrons. The van der Waals surface area contributed by atoms with E-state index in [-0.39, 0.29) is 0 Å². The molecule has 0 spiro atoms. The maximum Gasteiger partial charge on any atom is 0.309 e. The molecule has 3 heteroatoms. The molecule has 0 amide bonds. The van der Waals surface area contributed by atoms with E-state index in [2.05, 4.69) is 0 Å². The first-order valence-corrected chi connectivity index (χ1v) is 5.64. The highest BCUT2D eigenvalue weighted by Crippen LogP contribution is 2.59. The lowest BCUT2D eigenvalue weighted by atomic mass is 9.53. The minimum Gasteiger partial charge on any atom is -0.501 e. The molecule has 4 bridgehead atoms. The minimum atomic E-state index is -0.593. The van der Waals surface area contributed by atoms with Crippen molar-refractivity contribution < 1.29 is 14.6 Å². The molecule has 0 saturated heterocycles. The Balaban J connectivity index is 2.04. The molecule has 0 aromatic rings. The number of rotatable bonds is 2. The van der Waals surface area contributed by atoms with E-state index in [4.69, 9.17) is 4.74 Å². The smallest absolute Gasteiger partial charge is 0.309 e. The molecule has 0 unspecified atom stereocenters. The zero-order valence-corrected chi connectivity index (χ0v) is 8.95. The highest BCUT2D eigenvalue weighted by Gasteiger charge is 2.55. The highest BCUT2D eigenvalue weighted by atomic mass is 16.5. The summed E-state index contributed by atoms with van der Waals surface area (Å²) in [6.45, 7) is 0. The molecule has 4 rings (SSSR count). The fourth-order valence-electron chi connectivity index (χ4n) is 4.04. The summed E-state index contributed by atoms with van der Waals surface area (Å²) >= 11 is 0. The number of carbonyl (C=O) groups is 1. The predicted octanol–water partition coefficient (Wildman–Crippen LogP) is 2.18. The van der Waals surface area contributed by atoms with Gasteiger partial charge in [-0.1, -0.05) is 0 Å². The number of carboxylic acids is 1. The number of ether oxygens (including phenoxy) is 1. The van der Waals surface area contributed by atoms with Crippen LogP contribution in [0.4, 0.5) is 0 Å². The van der Waals surface area contributed by atoms with E-state index in [9.17, 15) is 9.90 Å². The fourth-order valence-corrected chi connectivity index (χ4v) is 4.04. The molecule has 4 aliphatic carbocycles. The third-order valence-corrected chi connectivity index (χ3v) is 4.41. The Labute approximate surface area is 89.1 Å². The van der Waals surface area contributed by atoms with E-state index in [0.29, 0.717) is 11.8 Å². The second-order valence-electron chi connectivity index (χ2n) is 5.35. The van der Waals surface area contributed by atoms with Crippen molar-refractivity contribution in [3.8, 4) is 0 Å². The van der Waals surface area contributed by atoms with Crippen molar-refractivity contribution in [2.24, 2.45) is 17.3 Å². The first kappa shape index (κ1) is 9.25. The molecular weight excluding hydrogens is 192 g/mol. The first-order chi connectivity index (χ1) is 7.14. The first-order valence-electron chi connectivity index (χ1n) is 5.64. The van der Waals surface area contributed by atoms with Crippen LogP contribution in [0.25, 0.3) is 0 Å². The molecule has 0 aromatic heterocycles. The van der Waals surface area contributed by atoms with Crippen LogP contribution in [0.3, 0.4) is 0 Å². The summed E-state index contributed by atoms with van der Waals surface area (Å²) < 4.78 is 5.44. The number of hydrogen-bond acceptors (Lipinski definition) is 2. The molecule has 15 heavy (non-hydrogen) atoms. The third-order valence-electron chi connectivity index (χ3n) is 4.41. The molecule has 3 atom stereocenters. The van der Waals surface area contributed by atoms with Crippen LogP contribution in [0.1, 0.15) is 32.1 Å². The van der Waals surface area contributed by atoms with Crippen molar-refractivity contribution in [2.45, 2.75) is 32.1 Å². The Bertz CT molecular complexity index is 358. The van der Waals surface area contributed by atoms with Crippen molar-refractivity contribution in [2.75, 3.05) is 7.11 Å². The third kappa shape index (κ3) is 1.09. The van der Waals surface area contributed by atoms with Crippen molar-refractivity contribution in [1.82, 2.24) is 0 Å². The normalized spacial score (nSPS) is 42.2. The second-order valence-corrected chi connectivity index (χ2v) is 5.35. The van der Waals surface area contributed by atoms with Gasteiger partial charge in [0, 0.05) is 5.92 Å². The second kappa shape index (κ2) is 2.77. The van der Waals surface area contributed by atoms with Crippen LogP contribution >= 0.6 is 0 Å². The van der Waals surface area contributed by atoms with E-state index in [1.165, 1.54) is 5.57 Å². The Morgan fingerprint density at radius 1 is 1.53 bits per heavy atom. The molecule has 1 N–H and O–H groups in total. The van der Waals surface area contributed by atoms with Gasteiger partial charge in [0.05, 0.1) is 18.3 Å². The van der Waals surface area contributed by atoms with Crippen molar-refractivity contribution in [3.05, 3.63) is 11.3 Å². The number of aliphatic carboxylic acids is 1. The van der Waals surface area contributed by atoms with Gasteiger partial charge in [0.25, 0.3) is 0 Å². The fraction of sp³-hybridized carbons (Fsp3) is 0.750. The van der Waals surface area contributed by atoms with Crippen LogP contribution in [0, 0.1) is 17.3 Å². The van der Waals surface area contributed by atoms with Crippen LogP contribution in [0.15, 0.2) is 11.3 Å². The van der Waals surface area contributed by atoms with E-state index in [1.807, 2.05) is 0 Å². The SMILES string of the molecule is COC1=C2C[C@@H]3C[C@@H]1C[C@@](C(=O)O)(C2)C3. The zero-order valence-electron chi connectivity index (χ0n) is 8.95. The number of carboxylic acid groups (broad SMARTS) is 1. The molecular formula is C12H16O3. The summed E-state index contributed by atoms with van der Waals surface area (Å²) in [4.78, 5) is 11.4. The van der Waals surface area contributed by atoms with Gasteiger partial charge in [-0.2, -0.15) is 0 Å². The lowest BCUT2D eigenvalue weighted by molar-refractivity contribution is -0.156. The van der Waals surface area contributed by atoms with E-state index >= 15 is 0 Å². The lowest BCUT2D eigenvalue weighted by Crippen LogP contribution is -2.47. The maximum atomic E-state index is 11.4. The monoisotopic (exact) mass is 208 g/mol. The average molecular weight is 208 g/mol. The van der Waals surface area contributed by atoms with Crippen LogP contribution < -0.4 is 0 Å². The molecule has 2 saturated carbocycles. The molecule has 2 fully saturated rings. The molecule has 0 heterocycles. The largest absolute Gasteiger partial charge is 0.501 e. The molecule has 4 aliphatic rings. The van der Waals surface area contributed by atoms with Gasteiger partial charge in [0.1, 0.15) is 0 Å². The van der Waals surface area contributed by atoms with Crippen molar-refractivity contribution in [3.63, 3.8) is 0 Å². The maximum absolute atomic E-state index is 11.4. The lowest BCUT2D eigenvalue weighted by Gasteiger charge is -2.51. The predicted molar refractivity (Wildman–Crippen MR) is 54.2 cm³/mol. The van der Waals surface area contributed by atoms with E-state index < -0.39 is 11.4 Å². The van der Waals surface area contributed by atoms with Gasteiger partial charge in [-0.15, -0.1) is 0 Å². The van der Waals surface area contributed by atoms with Crippen molar-refractivity contribution in [1.29, 1.82) is 0 Å². The summed E-state index contributed by atoms with van der Waals surface area (Å²) in [6.07, 6.45) is 4.64. The quantitative estimate of drug-likeness (QED) is 0.756. The van der Waals surface area contributed by atoms with Crippen LogP contribution in [-0.2, 0) is 9.53 Å². The number of allylic oxidation sites excluding steroid dienone is 2. The average Bonchev–Trinajstić information content (AvgIpc) is 2.16. The van der Waals surface area contributed by atoms with Crippen LogP contribution in [-0.4, -0.2) is 18.2 Å². The molecule has 0 aliphatic heterocycles. The minimum absolute atomic E-state index is 0.391. The Morgan fingerprint density at radius 2 is 2.33 bits per heavy atom. The Morgan fingerprint density at radius 3 is 2.93 bits per heavy atom.